The van der Waals surface area contributed by atoms with Gasteiger partial charge in [-0.3, -0.25) is 14.7 Å². The fourth-order valence-electron chi connectivity index (χ4n) is 4.40. The van der Waals surface area contributed by atoms with Crippen LogP contribution in [0, 0.1) is 23.0 Å². The SMILES string of the molecule is O=C(Nc1cccnc1)C1CN(Cc2ccc(F)c(F)c2)CC12CCOCC2. The van der Waals surface area contributed by atoms with Crippen molar-refractivity contribution in [2.45, 2.75) is 19.4 Å². The molecule has 2 aromatic rings. The summed E-state index contributed by atoms with van der Waals surface area (Å²) in [6, 6.07) is 7.57. The minimum Gasteiger partial charge on any atom is -0.381 e. The molecule has 2 saturated heterocycles. The van der Waals surface area contributed by atoms with E-state index in [-0.39, 0.29) is 17.2 Å². The highest BCUT2D eigenvalue weighted by atomic mass is 19.2. The molecule has 7 heteroatoms. The zero-order chi connectivity index (χ0) is 19.6. The van der Waals surface area contributed by atoms with E-state index in [4.69, 9.17) is 4.74 Å². The highest BCUT2D eigenvalue weighted by Crippen LogP contribution is 2.45. The predicted molar refractivity (Wildman–Crippen MR) is 100 cm³/mol. The third kappa shape index (κ3) is 3.91. The van der Waals surface area contributed by atoms with Crippen LogP contribution >= 0.6 is 0 Å². The highest BCUT2D eigenvalue weighted by Gasteiger charge is 2.50. The summed E-state index contributed by atoms with van der Waals surface area (Å²) in [6.07, 6.45) is 4.91. The fraction of sp³-hybridized carbons (Fsp3) is 0.429. The Kier molecular flexibility index (Phi) is 5.37. The lowest BCUT2D eigenvalue weighted by atomic mass is 9.71. The van der Waals surface area contributed by atoms with E-state index >= 15 is 0 Å². The van der Waals surface area contributed by atoms with Crippen LogP contribution in [0.3, 0.4) is 0 Å². The second-order valence-corrected chi connectivity index (χ2v) is 7.68. The Morgan fingerprint density at radius 1 is 1.25 bits per heavy atom. The fourth-order valence-corrected chi connectivity index (χ4v) is 4.40. The van der Waals surface area contributed by atoms with Gasteiger partial charge in [-0.15, -0.1) is 0 Å². The molecule has 0 aliphatic carbocycles. The standard InChI is InChI=1S/C21H23F2N3O2/c22-18-4-3-15(10-19(18)23)12-26-13-17(21(14-26)5-8-28-9-6-21)20(27)25-16-2-1-7-24-11-16/h1-4,7,10-11,17H,5-6,8-9,12-14H2,(H,25,27). The van der Waals surface area contributed by atoms with Crippen molar-refractivity contribution in [1.82, 2.24) is 9.88 Å². The molecule has 28 heavy (non-hydrogen) atoms. The Labute approximate surface area is 162 Å². The first kappa shape index (κ1) is 19.0. The smallest absolute Gasteiger partial charge is 0.229 e. The van der Waals surface area contributed by atoms with E-state index in [1.807, 2.05) is 6.07 Å². The summed E-state index contributed by atoms with van der Waals surface area (Å²) in [6.45, 7) is 3.06. The number of aromatic nitrogens is 1. The third-order valence-corrected chi connectivity index (χ3v) is 5.84. The molecule has 1 aromatic heterocycles. The third-order valence-electron chi connectivity index (χ3n) is 5.84. The quantitative estimate of drug-likeness (QED) is 0.875. The van der Waals surface area contributed by atoms with Gasteiger partial charge in [0.15, 0.2) is 11.6 Å². The summed E-state index contributed by atoms with van der Waals surface area (Å²) in [5.74, 6) is -1.91. The number of likely N-dealkylation sites (tertiary alicyclic amines) is 1. The number of rotatable bonds is 4. The van der Waals surface area contributed by atoms with Gasteiger partial charge in [0.25, 0.3) is 0 Å². The van der Waals surface area contributed by atoms with Crippen molar-refractivity contribution in [3.8, 4) is 0 Å². The number of ether oxygens (including phenoxy) is 1. The van der Waals surface area contributed by atoms with E-state index in [0.29, 0.717) is 37.6 Å². The first-order chi connectivity index (χ1) is 13.6. The number of pyridine rings is 1. The van der Waals surface area contributed by atoms with Crippen molar-refractivity contribution in [1.29, 1.82) is 0 Å². The van der Waals surface area contributed by atoms with Gasteiger partial charge in [-0.05, 0) is 42.7 Å². The summed E-state index contributed by atoms with van der Waals surface area (Å²) in [4.78, 5) is 19.3. The summed E-state index contributed by atoms with van der Waals surface area (Å²) in [7, 11) is 0. The summed E-state index contributed by atoms with van der Waals surface area (Å²) < 4.78 is 32.3. The molecule has 1 aromatic carbocycles. The lowest BCUT2D eigenvalue weighted by molar-refractivity contribution is -0.124. The van der Waals surface area contributed by atoms with Gasteiger partial charge in [0.05, 0.1) is 17.8 Å². The molecule has 3 heterocycles. The largest absolute Gasteiger partial charge is 0.381 e. The zero-order valence-corrected chi connectivity index (χ0v) is 15.5. The first-order valence-corrected chi connectivity index (χ1v) is 9.51. The molecular weight excluding hydrogens is 364 g/mol. The van der Waals surface area contributed by atoms with E-state index in [1.54, 1.807) is 24.5 Å². The van der Waals surface area contributed by atoms with Crippen molar-refractivity contribution in [3.63, 3.8) is 0 Å². The molecule has 0 saturated carbocycles. The maximum Gasteiger partial charge on any atom is 0.229 e. The predicted octanol–water partition coefficient (Wildman–Crippen LogP) is 3.23. The maximum atomic E-state index is 13.6. The molecule has 0 radical (unpaired) electrons. The molecule has 2 fully saturated rings. The number of nitrogens with one attached hydrogen (secondary N) is 1. The molecule has 1 unspecified atom stereocenters. The van der Waals surface area contributed by atoms with E-state index in [2.05, 4.69) is 15.2 Å². The molecule has 1 amide bonds. The second kappa shape index (κ2) is 7.93. The van der Waals surface area contributed by atoms with Crippen LogP contribution in [0.2, 0.25) is 0 Å². The number of nitrogens with zero attached hydrogens (tertiary/aromatic N) is 2. The van der Waals surface area contributed by atoms with Gasteiger partial charge in [0, 0.05) is 44.5 Å². The number of carbonyl (C=O) groups is 1. The molecular formula is C21H23F2N3O2. The van der Waals surface area contributed by atoms with Crippen molar-refractivity contribution in [2.75, 3.05) is 31.6 Å². The second-order valence-electron chi connectivity index (χ2n) is 7.68. The van der Waals surface area contributed by atoms with Gasteiger partial charge in [0.1, 0.15) is 0 Å². The number of benzene rings is 1. The van der Waals surface area contributed by atoms with Gasteiger partial charge >= 0.3 is 0 Å². The molecule has 2 aliphatic heterocycles. The van der Waals surface area contributed by atoms with Crippen molar-refractivity contribution >= 4 is 11.6 Å². The van der Waals surface area contributed by atoms with E-state index in [0.717, 1.165) is 25.5 Å². The molecule has 4 rings (SSSR count). The molecule has 148 valence electrons. The van der Waals surface area contributed by atoms with Gasteiger partial charge in [-0.1, -0.05) is 6.07 Å². The van der Waals surface area contributed by atoms with Crippen LogP contribution in [-0.4, -0.2) is 42.1 Å². The average Bonchev–Trinajstić information content (AvgIpc) is 3.03. The number of amides is 1. The molecule has 2 aliphatic rings. The monoisotopic (exact) mass is 387 g/mol. The van der Waals surface area contributed by atoms with Crippen LogP contribution in [-0.2, 0) is 16.1 Å². The van der Waals surface area contributed by atoms with Crippen molar-refractivity contribution in [2.24, 2.45) is 11.3 Å². The summed E-state index contributed by atoms with van der Waals surface area (Å²) in [5.41, 5.74) is 1.21. The van der Waals surface area contributed by atoms with E-state index < -0.39 is 11.6 Å². The van der Waals surface area contributed by atoms with Crippen LogP contribution in [0.1, 0.15) is 18.4 Å². The molecule has 5 nitrogen and oxygen atoms in total. The molecule has 1 atom stereocenters. The van der Waals surface area contributed by atoms with E-state index in [9.17, 15) is 13.6 Å². The van der Waals surface area contributed by atoms with Crippen LogP contribution in [0.25, 0.3) is 0 Å². The Hall–Kier alpha value is -2.38. The molecule has 1 spiro atoms. The van der Waals surface area contributed by atoms with Gasteiger partial charge in [-0.2, -0.15) is 0 Å². The topological polar surface area (TPSA) is 54.5 Å². The van der Waals surface area contributed by atoms with Crippen LogP contribution in [0.5, 0.6) is 0 Å². The highest BCUT2D eigenvalue weighted by molar-refractivity contribution is 5.93. The van der Waals surface area contributed by atoms with E-state index in [1.165, 1.54) is 6.07 Å². The number of carbonyl (C=O) groups excluding carboxylic acids is 1. The first-order valence-electron chi connectivity index (χ1n) is 9.51. The number of halogens is 2. The minimum absolute atomic E-state index is 0.0253. The Bertz CT molecular complexity index is 841. The average molecular weight is 387 g/mol. The van der Waals surface area contributed by atoms with Crippen LogP contribution in [0.15, 0.2) is 42.7 Å². The lowest BCUT2D eigenvalue weighted by Crippen LogP contribution is -2.42. The molecule has 0 bridgehead atoms. The number of hydrogen-bond donors (Lipinski definition) is 1. The number of anilines is 1. The Morgan fingerprint density at radius 3 is 2.79 bits per heavy atom. The lowest BCUT2D eigenvalue weighted by Gasteiger charge is -2.37. The summed E-state index contributed by atoms with van der Waals surface area (Å²) in [5, 5.41) is 2.98. The minimum atomic E-state index is -0.847. The van der Waals surface area contributed by atoms with Gasteiger partial charge in [-0.25, -0.2) is 8.78 Å². The van der Waals surface area contributed by atoms with Gasteiger partial charge in [0.2, 0.25) is 5.91 Å². The normalized spacial score (nSPS) is 21.7. The maximum absolute atomic E-state index is 13.6. The summed E-state index contributed by atoms with van der Waals surface area (Å²) >= 11 is 0. The van der Waals surface area contributed by atoms with Crippen molar-refractivity contribution < 1.29 is 18.3 Å². The van der Waals surface area contributed by atoms with Crippen LogP contribution in [0.4, 0.5) is 14.5 Å². The zero-order valence-electron chi connectivity index (χ0n) is 15.5. The van der Waals surface area contributed by atoms with Gasteiger partial charge < -0.3 is 10.1 Å². The van der Waals surface area contributed by atoms with Crippen molar-refractivity contribution in [3.05, 3.63) is 59.9 Å². The molecule has 1 N–H and O–H groups in total. The Morgan fingerprint density at radius 2 is 2.07 bits per heavy atom. The number of hydrogen-bond acceptors (Lipinski definition) is 4. The van der Waals surface area contributed by atoms with Crippen LogP contribution < -0.4 is 5.32 Å². The Balaban J connectivity index is 1.52.